The van der Waals surface area contributed by atoms with E-state index in [9.17, 15) is 13.2 Å². The third kappa shape index (κ3) is 4.82. The summed E-state index contributed by atoms with van der Waals surface area (Å²) in [5.74, 6) is -0.622. The number of rotatable bonds is 5. The summed E-state index contributed by atoms with van der Waals surface area (Å²) in [5, 5.41) is 0. The smallest absolute Gasteiger partial charge is 0.264 e. The van der Waals surface area contributed by atoms with Crippen molar-refractivity contribution in [1.29, 1.82) is 0 Å². The second-order valence-corrected chi connectivity index (χ2v) is 6.98. The third-order valence-corrected chi connectivity index (χ3v) is 4.18. The molecule has 0 radical (unpaired) electrons. The third-order valence-electron chi connectivity index (χ3n) is 3.62. The predicted octanol–water partition coefficient (Wildman–Crippen LogP) is 1.76. The maximum Gasteiger partial charge on any atom is 0.264 e. The van der Waals surface area contributed by atoms with Crippen molar-refractivity contribution in [3.8, 4) is 0 Å². The van der Waals surface area contributed by atoms with Gasteiger partial charge in [0.15, 0.2) is 0 Å². The van der Waals surface area contributed by atoms with Gasteiger partial charge in [0, 0.05) is 13.1 Å². The fourth-order valence-electron chi connectivity index (χ4n) is 2.52. The van der Waals surface area contributed by atoms with Crippen LogP contribution in [0.3, 0.4) is 0 Å². The molecule has 1 fully saturated rings. The minimum Gasteiger partial charge on any atom is -0.342 e. The molecule has 6 heteroatoms. The monoisotopic (exact) mass is 311 g/mol. The van der Waals surface area contributed by atoms with Crippen molar-refractivity contribution >= 4 is 16.0 Å². The Morgan fingerprint density at radius 1 is 1.19 bits per heavy atom. The molecule has 1 aromatic rings. The molecule has 1 heterocycles. The lowest BCUT2D eigenvalue weighted by Crippen LogP contribution is -2.40. The number of carbonyl (C=O) groups excluding carboxylic acids is 1. The molecule has 0 spiro atoms. The van der Waals surface area contributed by atoms with Crippen molar-refractivity contribution in [3.05, 3.63) is 35.9 Å². The molecule has 1 atom stereocenters. The van der Waals surface area contributed by atoms with E-state index < -0.39 is 16.0 Å². The van der Waals surface area contributed by atoms with E-state index >= 15 is 0 Å². The normalized spacial score (nSPS) is 17.5. The summed E-state index contributed by atoms with van der Waals surface area (Å²) in [4.78, 5) is 14.5. The average Bonchev–Trinajstić information content (AvgIpc) is 2.48. The number of hydrogen-bond acceptors (Lipinski definition) is 4. The Labute approximate surface area is 126 Å². The molecule has 116 valence electrons. The summed E-state index contributed by atoms with van der Waals surface area (Å²) in [7, 11) is -3.56. The first-order chi connectivity index (χ1) is 9.97. The standard InChI is InChI=1S/C15H21NO4S/c1-21(18,19)20-12-14(13-8-4-2-5-9-13)15(17)16-10-6-3-7-11-16/h2,4-5,8-9,14H,3,6-7,10-12H2,1H3. The molecule has 1 amide bonds. The summed E-state index contributed by atoms with van der Waals surface area (Å²) < 4.78 is 27.3. The van der Waals surface area contributed by atoms with Crippen molar-refractivity contribution in [1.82, 2.24) is 4.90 Å². The average molecular weight is 311 g/mol. The zero-order chi connectivity index (χ0) is 15.3. The highest BCUT2D eigenvalue weighted by molar-refractivity contribution is 7.85. The van der Waals surface area contributed by atoms with E-state index in [-0.39, 0.29) is 12.5 Å². The first-order valence-corrected chi connectivity index (χ1v) is 8.97. The predicted molar refractivity (Wildman–Crippen MR) is 80.4 cm³/mol. The zero-order valence-corrected chi connectivity index (χ0v) is 13.0. The summed E-state index contributed by atoms with van der Waals surface area (Å²) in [6.45, 7) is 1.33. The number of amides is 1. The molecule has 0 bridgehead atoms. The topological polar surface area (TPSA) is 63.7 Å². The van der Waals surface area contributed by atoms with Crippen LogP contribution in [0.1, 0.15) is 30.7 Å². The number of likely N-dealkylation sites (tertiary alicyclic amines) is 1. The van der Waals surface area contributed by atoms with Crippen LogP contribution in [0, 0.1) is 0 Å². The molecular formula is C15H21NO4S. The summed E-state index contributed by atoms with van der Waals surface area (Å²) in [6.07, 6.45) is 4.14. The first-order valence-electron chi connectivity index (χ1n) is 7.15. The Balaban J connectivity index is 2.16. The van der Waals surface area contributed by atoms with E-state index in [1.54, 1.807) is 0 Å². The lowest BCUT2D eigenvalue weighted by Gasteiger charge is -2.30. The minimum absolute atomic E-state index is 0.0513. The van der Waals surface area contributed by atoms with E-state index in [0.717, 1.165) is 44.2 Å². The van der Waals surface area contributed by atoms with Crippen molar-refractivity contribution in [3.63, 3.8) is 0 Å². The quantitative estimate of drug-likeness (QED) is 0.777. The van der Waals surface area contributed by atoms with E-state index in [1.807, 2.05) is 35.2 Å². The summed E-state index contributed by atoms with van der Waals surface area (Å²) >= 11 is 0. The Morgan fingerprint density at radius 2 is 1.81 bits per heavy atom. The lowest BCUT2D eigenvalue weighted by atomic mass is 9.97. The first kappa shape index (κ1) is 16.0. The van der Waals surface area contributed by atoms with Gasteiger partial charge in [0.25, 0.3) is 10.1 Å². The van der Waals surface area contributed by atoms with Gasteiger partial charge in [0.05, 0.1) is 18.8 Å². The van der Waals surface area contributed by atoms with Gasteiger partial charge in [-0.15, -0.1) is 0 Å². The van der Waals surface area contributed by atoms with Crippen LogP contribution in [0.2, 0.25) is 0 Å². The SMILES string of the molecule is CS(=O)(=O)OCC(C(=O)N1CCCCC1)c1ccccc1. The van der Waals surface area contributed by atoms with Gasteiger partial charge in [0.1, 0.15) is 0 Å². The van der Waals surface area contributed by atoms with Crippen LogP contribution in [0.5, 0.6) is 0 Å². The van der Waals surface area contributed by atoms with Gasteiger partial charge in [-0.05, 0) is 24.8 Å². The van der Waals surface area contributed by atoms with Gasteiger partial charge >= 0.3 is 0 Å². The molecule has 1 unspecified atom stereocenters. The minimum atomic E-state index is -3.56. The van der Waals surface area contributed by atoms with Crippen molar-refractivity contribution in [2.24, 2.45) is 0 Å². The molecule has 1 aliphatic heterocycles. The fraction of sp³-hybridized carbons (Fsp3) is 0.533. The molecular weight excluding hydrogens is 290 g/mol. The highest BCUT2D eigenvalue weighted by atomic mass is 32.2. The Kier molecular flexibility index (Phi) is 5.36. The molecule has 0 aromatic heterocycles. The van der Waals surface area contributed by atoms with Gasteiger partial charge in [-0.2, -0.15) is 8.42 Å². The molecule has 1 aromatic carbocycles. The van der Waals surface area contributed by atoms with Crippen molar-refractivity contribution < 1.29 is 17.4 Å². The lowest BCUT2D eigenvalue weighted by molar-refractivity contribution is -0.134. The Bertz CT molecular complexity index is 565. The second kappa shape index (κ2) is 7.04. The summed E-state index contributed by atoms with van der Waals surface area (Å²) in [6, 6.07) is 9.21. The Hall–Kier alpha value is -1.40. The van der Waals surface area contributed by atoms with E-state index in [2.05, 4.69) is 0 Å². The van der Waals surface area contributed by atoms with Gasteiger partial charge in [-0.25, -0.2) is 0 Å². The van der Waals surface area contributed by atoms with Crippen molar-refractivity contribution in [2.75, 3.05) is 26.0 Å². The number of hydrogen-bond donors (Lipinski definition) is 0. The Morgan fingerprint density at radius 3 is 2.38 bits per heavy atom. The van der Waals surface area contributed by atoms with Crippen LogP contribution in [0.25, 0.3) is 0 Å². The number of benzene rings is 1. The van der Waals surface area contributed by atoms with Gasteiger partial charge in [-0.1, -0.05) is 30.3 Å². The zero-order valence-electron chi connectivity index (χ0n) is 12.2. The number of carbonyl (C=O) groups is 1. The molecule has 0 saturated carbocycles. The van der Waals surface area contributed by atoms with Crippen LogP contribution >= 0.6 is 0 Å². The van der Waals surface area contributed by atoms with Crippen LogP contribution < -0.4 is 0 Å². The molecule has 1 aliphatic rings. The molecule has 21 heavy (non-hydrogen) atoms. The fourth-order valence-corrected chi connectivity index (χ4v) is 2.91. The van der Waals surface area contributed by atoms with Gasteiger partial charge in [-0.3, -0.25) is 8.98 Å². The van der Waals surface area contributed by atoms with Gasteiger partial charge in [0.2, 0.25) is 5.91 Å². The van der Waals surface area contributed by atoms with Crippen molar-refractivity contribution in [2.45, 2.75) is 25.2 Å². The molecule has 2 rings (SSSR count). The van der Waals surface area contributed by atoms with Crippen LogP contribution in [0.4, 0.5) is 0 Å². The largest absolute Gasteiger partial charge is 0.342 e. The number of piperidine rings is 1. The van der Waals surface area contributed by atoms with Crippen LogP contribution in [-0.4, -0.2) is 45.2 Å². The second-order valence-electron chi connectivity index (χ2n) is 5.34. The molecule has 1 saturated heterocycles. The molecule has 0 N–H and O–H groups in total. The highest BCUT2D eigenvalue weighted by Crippen LogP contribution is 2.22. The maximum absolute atomic E-state index is 12.7. The van der Waals surface area contributed by atoms with Crippen LogP contribution in [-0.2, 0) is 19.1 Å². The number of nitrogens with zero attached hydrogens (tertiary/aromatic N) is 1. The maximum atomic E-state index is 12.7. The highest BCUT2D eigenvalue weighted by Gasteiger charge is 2.28. The van der Waals surface area contributed by atoms with E-state index in [4.69, 9.17) is 4.18 Å². The van der Waals surface area contributed by atoms with Crippen LogP contribution in [0.15, 0.2) is 30.3 Å². The molecule has 0 aliphatic carbocycles. The van der Waals surface area contributed by atoms with E-state index in [1.165, 1.54) is 0 Å². The van der Waals surface area contributed by atoms with Gasteiger partial charge < -0.3 is 4.90 Å². The van der Waals surface area contributed by atoms with E-state index in [0.29, 0.717) is 0 Å². The molecule has 5 nitrogen and oxygen atoms in total. The summed E-state index contributed by atoms with van der Waals surface area (Å²) in [5.41, 5.74) is 0.789.